The van der Waals surface area contributed by atoms with Gasteiger partial charge >= 0.3 is 17.9 Å². The van der Waals surface area contributed by atoms with Crippen LogP contribution in [0.2, 0.25) is 0 Å². The van der Waals surface area contributed by atoms with Crippen LogP contribution in [-0.4, -0.2) is 43.9 Å². The molecule has 7 nitrogen and oxygen atoms in total. The Morgan fingerprint density at radius 1 is 0.929 bits per heavy atom. The summed E-state index contributed by atoms with van der Waals surface area (Å²) in [6.45, 7) is 0. The van der Waals surface area contributed by atoms with Crippen molar-refractivity contribution in [3.05, 3.63) is 0 Å². The summed E-state index contributed by atoms with van der Waals surface area (Å²) in [4.78, 5) is 30.5. The molecule has 0 unspecified atom stereocenters. The van der Waals surface area contributed by atoms with Crippen LogP contribution >= 0.6 is 0 Å². The van der Waals surface area contributed by atoms with Crippen molar-refractivity contribution in [2.24, 2.45) is 0 Å². The van der Waals surface area contributed by atoms with Crippen molar-refractivity contribution in [2.75, 3.05) is 0 Å². The molecule has 0 saturated carbocycles. The van der Waals surface area contributed by atoms with E-state index in [4.69, 9.17) is 20.4 Å². The number of carbonyl (C=O) groups is 3. The van der Waals surface area contributed by atoms with E-state index in [1.54, 1.807) is 0 Å². The molecule has 0 aliphatic heterocycles. The molecule has 78 valence electrons. The summed E-state index contributed by atoms with van der Waals surface area (Å²) in [7, 11) is 0. The van der Waals surface area contributed by atoms with Crippen LogP contribution in [0.3, 0.4) is 0 Å². The molecule has 0 saturated heterocycles. The molecule has 0 heterocycles. The van der Waals surface area contributed by atoms with E-state index in [0.717, 1.165) is 0 Å². The quantitative estimate of drug-likeness (QED) is 0.493. The number of rotatable bonds is 5. The Hall–Kier alpha value is -0.279. The molecule has 8 heteroatoms. The topological polar surface area (TPSA) is 132 Å². The number of carboxylic acids is 3. The van der Waals surface area contributed by atoms with Crippen molar-refractivity contribution in [2.45, 2.75) is 18.4 Å². The van der Waals surface area contributed by atoms with Gasteiger partial charge in [0.25, 0.3) is 0 Å². The summed E-state index contributed by atoms with van der Waals surface area (Å²) >= 11 is 0. The maximum Gasteiger partial charge on any atom is 0.336 e. The summed E-state index contributed by atoms with van der Waals surface area (Å²) in [5.74, 6) is -5.02. The third-order valence-electron chi connectivity index (χ3n) is 1.29. The van der Waals surface area contributed by atoms with Gasteiger partial charge in [-0.2, -0.15) is 0 Å². The Bertz CT molecular complexity index is 233. The van der Waals surface area contributed by atoms with Gasteiger partial charge in [0, 0.05) is 40.8 Å². The molecule has 0 rings (SSSR count). The van der Waals surface area contributed by atoms with Gasteiger partial charge in [-0.1, -0.05) is 0 Å². The van der Waals surface area contributed by atoms with Crippen molar-refractivity contribution in [3.8, 4) is 0 Å². The Kier molecular flexibility index (Phi) is 7.22. The summed E-state index contributed by atoms with van der Waals surface area (Å²) in [5.41, 5.74) is -2.74. The van der Waals surface area contributed by atoms with Gasteiger partial charge in [0.15, 0.2) is 5.60 Å². The van der Waals surface area contributed by atoms with Crippen LogP contribution in [0.15, 0.2) is 0 Å². The summed E-state index contributed by atoms with van der Waals surface area (Å²) < 4.78 is 0. The van der Waals surface area contributed by atoms with Crippen LogP contribution in [0.4, 0.5) is 0 Å². The summed E-state index contributed by atoms with van der Waals surface area (Å²) in [6.07, 6.45) is -2.29. The maximum atomic E-state index is 10.3. The molecular formula is C6H8NdO7. The second-order valence-corrected chi connectivity index (χ2v) is 2.48. The van der Waals surface area contributed by atoms with Crippen molar-refractivity contribution < 1.29 is 75.6 Å². The molecule has 0 aromatic carbocycles. The van der Waals surface area contributed by atoms with Crippen molar-refractivity contribution >= 4 is 17.9 Å². The number of hydrogen-bond donors (Lipinski definition) is 4. The maximum absolute atomic E-state index is 10.3. The van der Waals surface area contributed by atoms with E-state index in [1.165, 1.54) is 0 Å². The minimum atomic E-state index is -2.74. The zero-order valence-corrected chi connectivity index (χ0v) is 10.1. The molecule has 0 atom stereocenters. The molecule has 0 aromatic rings. The van der Waals surface area contributed by atoms with Crippen LogP contribution in [0.5, 0.6) is 0 Å². The SMILES string of the molecule is O=C(O)CC(O)(CC(=O)O)C(=O)O.[Nd]. The van der Waals surface area contributed by atoms with E-state index in [-0.39, 0.29) is 40.8 Å². The number of aliphatic hydroxyl groups is 1. The Labute approximate surface area is 111 Å². The van der Waals surface area contributed by atoms with Crippen LogP contribution in [-0.2, 0) is 14.4 Å². The molecule has 0 bridgehead atoms. The first-order valence-electron chi connectivity index (χ1n) is 3.17. The van der Waals surface area contributed by atoms with Crippen molar-refractivity contribution in [3.63, 3.8) is 0 Å². The summed E-state index contributed by atoms with van der Waals surface area (Å²) in [6, 6.07) is 0. The van der Waals surface area contributed by atoms with Crippen molar-refractivity contribution in [1.29, 1.82) is 0 Å². The fourth-order valence-electron chi connectivity index (χ4n) is 0.714. The Morgan fingerprint density at radius 3 is 1.36 bits per heavy atom. The summed E-state index contributed by atoms with van der Waals surface area (Å²) in [5, 5.41) is 33.8. The van der Waals surface area contributed by atoms with Crippen molar-refractivity contribution in [1.82, 2.24) is 0 Å². The number of aliphatic carboxylic acids is 3. The van der Waals surface area contributed by atoms with Gasteiger partial charge in [-0.05, 0) is 0 Å². The predicted octanol–water partition coefficient (Wildman–Crippen LogP) is -1.25. The van der Waals surface area contributed by atoms with Crippen LogP contribution < -0.4 is 0 Å². The minimum absolute atomic E-state index is 0. The van der Waals surface area contributed by atoms with Gasteiger partial charge in [-0.3, -0.25) is 9.59 Å². The first-order chi connectivity index (χ1) is 5.78. The largest absolute Gasteiger partial charge is 0.481 e. The molecule has 0 aromatic heterocycles. The fraction of sp³-hybridized carbons (Fsp3) is 0.500. The molecule has 0 radical (unpaired) electrons. The zero-order valence-electron chi connectivity index (χ0n) is 6.93. The standard InChI is InChI=1S/C6H8O7.Nd/c7-3(8)1-6(13,5(11)12)2-4(9)10;/h13H,1-2H2,(H,7,8)(H,9,10)(H,11,12);. The van der Waals surface area contributed by atoms with Gasteiger partial charge in [0.2, 0.25) is 0 Å². The molecule has 4 N–H and O–H groups in total. The van der Waals surface area contributed by atoms with Crippen LogP contribution in [0.25, 0.3) is 0 Å². The smallest absolute Gasteiger partial charge is 0.336 e. The molecule has 0 fully saturated rings. The number of carboxylic acid groups (broad SMARTS) is 3. The Morgan fingerprint density at radius 2 is 1.21 bits per heavy atom. The molecule has 14 heavy (non-hydrogen) atoms. The monoisotopic (exact) mass is 334 g/mol. The zero-order chi connectivity index (χ0) is 10.6. The normalized spacial score (nSPS) is 10.1. The van der Waals surface area contributed by atoms with Gasteiger partial charge in [-0.15, -0.1) is 0 Å². The molecular weight excluding hydrogens is 328 g/mol. The second kappa shape index (κ2) is 6.25. The molecule has 0 amide bonds. The van der Waals surface area contributed by atoms with Gasteiger partial charge in [0.1, 0.15) is 0 Å². The van der Waals surface area contributed by atoms with E-state index in [0.29, 0.717) is 0 Å². The first-order valence-corrected chi connectivity index (χ1v) is 3.17. The van der Waals surface area contributed by atoms with Gasteiger partial charge in [0.05, 0.1) is 12.8 Å². The Balaban J connectivity index is 0. The predicted molar refractivity (Wildman–Crippen MR) is 37.1 cm³/mol. The average molecular weight is 336 g/mol. The minimum Gasteiger partial charge on any atom is -0.481 e. The molecule has 0 aliphatic carbocycles. The number of hydrogen-bond acceptors (Lipinski definition) is 4. The second-order valence-electron chi connectivity index (χ2n) is 2.48. The van der Waals surface area contributed by atoms with E-state index >= 15 is 0 Å². The van der Waals surface area contributed by atoms with Gasteiger partial charge in [-0.25, -0.2) is 4.79 Å². The third kappa shape index (κ3) is 5.45. The van der Waals surface area contributed by atoms with E-state index in [2.05, 4.69) is 0 Å². The molecule has 0 aliphatic rings. The van der Waals surface area contributed by atoms with Crippen LogP contribution in [0.1, 0.15) is 12.8 Å². The van der Waals surface area contributed by atoms with Crippen LogP contribution in [0, 0.1) is 40.8 Å². The molecule has 0 spiro atoms. The van der Waals surface area contributed by atoms with E-state index in [9.17, 15) is 14.4 Å². The average Bonchev–Trinajstić information content (AvgIpc) is 1.82. The van der Waals surface area contributed by atoms with E-state index < -0.39 is 36.4 Å². The fourth-order valence-corrected chi connectivity index (χ4v) is 0.714. The first kappa shape index (κ1) is 16.2. The van der Waals surface area contributed by atoms with Gasteiger partial charge < -0.3 is 20.4 Å². The van der Waals surface area contributed by atoms with E-state index in [1.807, 2.05) is 0 Å². The third-order valence-corrected chi connectivity index (χ3v) is 1.29.